The molecule has 2 heteroatoms. The average Bonchev–Trinajstić information content (AvgIpc) is 2.40. The van der Waals surface area contributed by atoms with Crippen LogP contribution in [-0.2, 0) is 6.61 Å². The third kappa shape index (κ3) is 3.58. The van der Waals surface area contributed by atoms with Crippen LogP contribution >= 0.6 is 0 Å². The van der Waals surface area contributed by atoms with Crippen molar-refractivity contribution < 1.29 is 9.84 Å². The Kier molecular flexibility index (Phi) is 4.23. The molecule has 0 fully saturated rings. The van der Waals surface area contributed by atoms with Gasteiger partial charge in [0.15, 0.2) is 0 Å². The van der Waals surface area contributed by atoms with Crippen LogP contribution in [0.2, 0.25) is 0 Å². The molecule has 2 aromatic rings. The normalized spacial score (nSPS) is 12.2. The molecule has 0 bridgehead atoms. The third-order valence-electron chi connectivity index (χ3n) is 3.24. The molecule has 1 N–H and O–H groups in total. The molecule has 0 heterocycles. The van der Waals surface area contributed by atoms with E-state index in [-0.39, 0.29) is 0 Å². The fourth-order valence-electron chi connectivity index (χ4n) is 1.98. The van der Waals surface area contributed by atoms with Gasteiger partial charge in [0, 0.05) is 0 Å². The lowest BCUT2D eigenvalue weighted by Gasteiger charge is -2.11. The summed E-state index contributed by atoms with van der Waals surface area (Å²) in [5.74, 6) is 0.791. The smallest absolute Gasteiger partial charge is 0.120 e. The molecule has 0 aliphatic rings. The molecule has 0 radical (unpaired) electrons. The molecule has 0 saturated heterocycles. The molecule has 0 saturated carbocycles. The highest BCUT2D eigenvalue weighted by atomic mass is 16.5. The number of aliphatic hydroxyl groups is 1. The molecule has 2 rings (SSSR count). The fraction of sp³-hybridized carbons (Fsp3) is 0.294. The van der Waals surface area contributed by atoms with E-state index >= 15 is 0 Å². The quantitative estimate of drug-likeness (QED) is 0.898. The van der Waals surface area contributed by atoms with Crippen LogP contribution < -0.4 is 4.74 Å². The van der Waals surface area contributed by atoms with Gasteiger partial charge in [0.05, 0.1) is 6.10 Å². The lowest BCUT2D eigenvalue weighted by molar-refractivity contribution is 0.198. The van der Waals surface area contributed by atoms with Gasteiger partial charge in [-0.15, -0.1) is 0 Å². The molecule has 0 aliphatic carbocycles. The maximum absolute atomic E-state index is 9.56. The summed E-state index contributed by atoms with van der Waals surface area (Å²) in [4.78, 5) is 0. The summed E-state index contributed by atoms with van der Waals surface area (Å²) in [5.41, 5.74) is 4.54. The topological polar surface area (TPSA) is 29.5 Å². The Morgan fingerprint density at radius 3 is 2.63 bits per heavy atom. The first kappa shape index (κ1) is 13.6. The Balaban J connectivity index is 2.10. The summed E-state index contributed by atoms with van der Waals surface area (Å²) in [7, 11) is 0. The number of hydrogen-bond donors (Lipinski definition) is 1. The molecule has 0 amide bonds. The first-order valence-electron chi connectivity index (χ1n) is 6.53. The number of ether oxygens (including phenoxy) is 1. The molecule has 0 spiro atoms. The maximum Gasteiger partial charge on any atom is 0.120 e. The van der Waals surface area contributed by atoms with E-state index in [1.165, 1.54) is 16.7 Å². The van der Waals surface area contributed by atoms with Crippen molar-refractivity contribution in [1.29, 1.82) is 0 Å². The first-order valence-corrected chi connectivity index (χ1v) is 6.53. The highest BCUT2D eigenvalue weighted by Gasteiger charge is 2.04. The first-order chi connectivity index (χ1) is 9.06. The van der Waals surface area contributed by atoms with Crippen LogP contribution in [0.3, 0.4) is 0 Å². The van der Waals surface area contributed by atoms with Crippen LogP contribution in [0.25, 0.3) is 0 Å². The van der Waals surface area contributed by atoms with Crippen molar-refractivity contribution in [3.63, 3.8) is 0 Å². The van der Waals surface area contributed by atoms with Crippen LogP contribution in [0.15, 0.2) is 42.5 Å². The van der Waals surface area contributed by atoms with E-state index < -0.39 is 6.10 Å². The molecular weight excluding hydrogens is 236 g/mol. The fourth-order valence-corrected chi connectivity index (χ4v) is 1.98. The molecule has 0 unspecified atom stereocenters. The van der Waals surface area contributed by atoms with Gasteiger partial charge < -0.3 is 9.84 Å². The predicted octanol–water partition coefficient (Wildman–Crippen LogP) is 3.94. The number of benzene rings is 2. The van der Waals surface area contributed by atoms with Crippen LogP contribution in [0, 0.1) is 13.8 Å². The molecule has 0 aliphatic heterocycles. The van der Waals surface area contributed by atoms with Gasteiger partial charge in [-0.3, -0.25) is 0 Å². The highest BCUT2D eigenvalue weighted by Crippen LogP contribution is 2.20. The lowest BCUT2D eigenvalue weighted by Crippen LogP contribution is -1.99. The van der Waals surface area contributed by atoms with Crippen molar-refractivity contribution in [3.8, 4) is 5.75 Å². The Hall–Kier alpha value is -1.80. The number of aryl methyl sites for hydroxylation is 2. The van der Waals surface area contributed by atoms with Gasteiger partial charge in [-0.05, 0) is 49.6 Å². The minimum absolute atomic E-state index is 0.468. The number of aliphatic hydroxyl groups excluding tert-OH is 1. The predicted molar refractivity (Wildman–Crippen MR) is 77.3 cm³/mol. The minimum atomic E-state index is -0.468. The van der Waals surface area contributed by atoms with E-state index in [1.54, 1.807) is 6.92 Å². The van der Waals surface area contributed by atoms with Gasteiger partial charge in [-0.2, -0.15) is 0 Å². The molecule has 0 aromatic heterocycles. The second kappa shape index (κ2) is 5.89. The number of hydrogen-bond acceptors (Lipinski definition) is 2. The Labute approximate surface area is 114 Å². The monoisotopic (exact) mass is 256 g/mol. The summed E-state index contributed by atoms with van der Waals surface area (Å²) in [6, 6.07) is 14.0. The van der Waals surface area contributed by atoms with Crippen molar-refractivity contribution in [3.05, 3.63) is 64.7 Å². The van der Waals surface area contributed by atoms with E-state index in [1.807, 2.05) is 24.3 Å². The van der Waals surface area contributed by atoms with Gasteiger partial charge in [0.2, 0.25) is 0 Å². The standard InChI is InChI=1S/C17H20O2/c1-12-7-8-13(2)16(9-12)11-19-17-6-4-5-15(10-17)14(3)18/h4-10,14,18H,11H2,1-3H3/t14-/m1/s1. The zero-order valence-corrected chi connectivity index (χ0v) is 11.7. The highest BCUT2D eigenvalue weighted by molar-refractivity contribution is 5.32. The van der Waals surface area contributed by atoms with Crippen LogP contribution in [-0.4, -0.2) is 5.11 Å². The third-order valence-corrected chi connectivity index (χ3v) is 3.24. The van der Waals surface area contributed by atoms with E-state index in [2.05, 4.69) is 32.0 Å². The summed E-state index contributed by atoms with van der Waals surface area (Å²) in [6.45, 7) is 6.47. The van der Waals surface area contributed by atoms with E-state index in [4.69, 9.17) is 4.74 Å². The van der Waals surface area contributed by atoms with Gasteiger partial charge in [-0.1, -0.05) is 35.9 Å². The van der Waals surface area contributed by atoms with Gasteiger partial charge >= 0.3 is 0 Å². The zero-order valence-electron chi connectivity index (χ0n) is 11.7. The van der Waals surface area contributed by atoms with Crippen LogP contribution in [0.4, 0.5) is 0 Å². The number of rotatable bonds is 4. The molecule has 19 heavy (non-hydrogen) atoms. The molecule has 2 aromatic carbocycles. The summed E-state index contributed by atoms with van der Waals surface area (Å²) >= 11 is 0. The SMILES string of the molecule is Cc1ccc(C)c(COc2cccc([C@@H](C)O)c2)c1. The molecule has 100 valence electrons. The Morgan fingerprint density at radius 2 is 1.89 bits per heavy atom. The largest absolute Gasteiger partial charge is 0.489 e. The van der Waals surface area contributed by atoms with E-state index in [9.17, 15) is 5.11 Å². The lowest BCUT2D eigenvalue weighted by atomic mass is 10.1. The maximum atomic E-state index is 9.56. The van der Waals surface area contributed by atoms with Crippen molar-refractivity contribution in [1.82, 2.24) is 0 Å². The summed E-state index contributed by atoms with van der Waals surface area (Å²) in [6.07, 6.45) is -0.468. The van der Waals surface area contributed by atoms with Gasteiger partial charge in [-0.25, -0.2) is 0 Å². The molecular formula is C17H20O2. The van der Waals surface area contributed by atoms with Gasteiger partial charge in [0.1, 0.15) is 12.4 Å². The Morgan fingerprint density at radius 1 is 1.11 bits per heavy atom. The molecule has 2 nitrogen and oxygen atoms in total. The van der Waals surface area contributed by atoms with Crippen LogP contribution in [0.5, 0.6) is 5.75 Å². The summed E-state index contributed by atoms with van der Waals surface area (Å²) in [5, 5.41) is 9.56. The second-order valence-electron chi connectivity index (χ2n) is 4.97. The van der Waals surface area contributed by atoms with Crippen molar-refractivity contribution in [2.75, 3.05) is 0 Å². The Bertz CT molecular complexity index is 559. The van der Waals surface area contributed by atoms with Gasteiger partial charge in [0.25, 0.3) is 0 Å². The summed E-state index contributed by atoms with van der Waals surface area (Å²) < 4.78 is 5.81. The van der Waals surface area contributed by atoms with Crippen molar-refractivity contribution in [2.24, 2.45) is 0 Å². The van der Waals surface area contributed by atoms with Crippen LogP contribution in [0.1, 0.15) is 35.3 Å². The minimum Gasteiger partial charge on any atom is -0.489 e. The van der Waals surface area contributed by atoms with E-state index in [0.29, 0.717) is 6.61 Å². The average molecular weight is 256 g/mol. The second-order valence-corrected chi connectivity index (χ2v) is 4.97. The van der Waals surface area contributed by atoms with Crippen molar-refractivity contribution >= 4 is 0 Å². The van der Waals surface area contributed by atoms with Crippen molar-refractivity contribution in [2.45, 2.75) is 33.5 Å². The molecule has 1 atom stereocenters. The zero-order chi connectivity index (χ0) is 13.8. The van der Waals surface area contributed by atoms with E-state index in [0.717, 1.165) is 11.3 Å².